The SMILES string of the molecule is Cc1csc(CNc2cccc(C(=O)O)c2N)n1. The van der Waals surface area contributed by atoms with Crippen LogP contribution >= 0.6 is 11.3 Å². The quantitative estimate of drug-likeness (QED) is 0.737. The van der Waals surface area contributed by atoms with Crippen LogP contribution in [0.1, 0.15) is 21.1 Å². The van der Waals surface area contributed by atoms with Crippen LogP contribution in [0.15, 0.2) is 23.6 Å². The van der Waals surface area contributed by atoms with Crippen molar-refractivity contribution in [3.63, 3.8) is 0 Å². The van der Waals surface area contributed by atoms with Crippen molar-refractivity contribution in [1.82, 2.24) is 4.98 Å². The number of aromatic nitrogens is 1. The topological polar surface area (TPSA) is 88.2 Å². The summed E-state index contributed by atoms with van der Waals surface area (Å²) in [5.41, 5.74) is 7.74. The van der Waals surface area contributed by atoms with Crippen molar-refractivity contribution < 1.29 is 9.90 Å². The van der Waals surface area contributed by atoms with E-state index in [0.717, 1.165) is 10.7 Å². The highest BCUT2D eigenvalue weighted by atomic mass is 32.1. The van der Waals surface area contributed by atoms with Gasteiger partial charge in [0.2, 0.25) is 0 Å². The maximum Gasteiger partial charge on any atom is 0.337 e. The van der Waals surface area contributed by atoms with Crippen molar-refractivity contribution in [2.75, 3.05) is 11.1 Å². The number of carboxylic acids is 1. The third kappa shape index (κ3) is 2.60. The van der Waals surface area contributed by atoms with Gasteiger partial charge in [0.25, 0.3) is 0 Å². The molecule has 4 N–H and O–H groups in total. The maximum atomic E-state index is 10.9. The minimum atomic E-state index is -1.03. The standard InChI is InChI=1S/C12H13N3O2S/c1-7-6-18-10(15-7)5-14-9-4-2-3-8(11(9)13)12(16)17/h2-4,6,14H,5,13H2,1H3,(H,16,17). The van der Waals surface area contributed by atoms with Crippen LogP contribution in [0.3, 0.4) is 0 Å². The van der Waals surface area contributed by atoms with Crippen LogP contribution in [0, 0.1) is 6.92 Å². The molecule has 18 heavy (non-hydrogen) atoms. The average molecular weight is 263 g/mol. The molecule has 0 unspecified atom stereocenters. The molecule has 0 bridgehead atoms. The molecule has 1 aromatic heterocycles. The third-order valence-electron chi connectivity index (χ3n) is 2.43. The number of nitrogen functional groups attached to an aromatic ring is 1. The number of benzene rings is 1. The van der Waals surface area contributed by atoms with Crippen molar-refractivity contribution in [3.8, 4) is 0 Å². The Kier molecular flexibility index (Phi) is 3.47. The summed E-state index contributed by atoms with van der Waals surface area (Å²) in [5, 5.41) is 15.0. The monoisotopic (exact) mass is 263 g/mol. The number of aromatic carboxylic acids is 1. The van der Waals surface area contributed by atoms with Crippen molar-refractivity contribution in [2.45, 2.75) is 13.5 Å². The number of aryl methyl sites for hydroxylation is 1. The Hall–Kier alpha value is -2.08. The summed E-state index contributed by atoms with van der Waals surface area (Å²) in [4.78, 5) is 15.2. The van der Waals surface area contributed by atoms with Crippen LogP contribution < -0.4 is 11.1 Å². The van der Waals surface area contributed by atoms with Crippen molar-refractivity contribution in [1.29, 1.82) is 0 Å². The Morgan fingerprint density at radius 3 is 2.94 bits per heavy atom. The molecule has 0 spiro atoms. The smallest absolute Gasteiger partial charge is 0.337 e. The number of para-hydroxylation sites is 1. The zero-order chi connectivity index (χ0) is 13.1. The summed E-state index contributed by atoms with van der Waals surface area (Å²) in [6, 6.07) is 4.90. The Morgan fingerprint density at radius 2 is 2.33 bits per heavy atom. The molecular weight excluding hydrogens is 250 g/mol. The normalized spacial score (nSPS) is 10.3. The minimum absolute atomic E-state index is 0.107. The Morgan fingerprint density at radius 1 is 1.56 bits per heavy atom. The van der Waals surface area contributed by atoms with Crippen LogP contribution in [0.5, 0.6) is 0 Å². The molecule has 0 fully saturated rings. The van der Waals surface area contributed by atoms with Gasteiger partial charge in [0.05, 0.1) is 23.5 Å². The fourth-order valence-electron chi connectivity index (χ4n) is 1.56. The second-order valence-corrected chi connectivity index (χ2v) is 4.75. The molecule has 5 nitrogen and oxygen atoms in total. The summed E-state index contributed by atoms with van der Waals surface area (Å²) >= 11 is 1.55. The fourth-order valence-corrected chi connectivity index (χ4v) is 2.27. The second kappa shape index (κ2) is 5.05. The molecule has 0 saturated heterocycles. The first-order valence-corrected chi connectivity index (χ1v) is 6.22. The molecule has 0 aliphatic heterocycles. The summed E-state index contributed by atoms with van der Waals surface area (Å²) < 4.78 is 0. The molecule has 0 radical (unpaired) electrons. The van der Waals surface area contributed by atoms with Crippen molar-refractivity contribution >= 4 is 28.7 Å². The number of hydrogen-bond donors (Lipinski definition) is 3. The van der Waals surface area contributed by atoms with E-state index in [1.807, 2.05) is 12.3 Å². The van der Waals surface area contributed by atoms with Crippen LogP contribution in [0.4, 0.5) is 11.4 Å². The predicted molar refractivity (Wildman–Crippen MR) is 72.0 cm³/mol. The van der Waals surface area contributed by atoms with Gasteiger partial charge in [0.1, 0.15) is 5.01 Å². The molecule has 94 valence electrons. The molecule has 2 aromatic rings. The van der Waals surface area contributed by atoms with E-state index in [1.54, 1.807) is 23.5 Å². The van der Waals surface area contributed by atoms with Gasteiger partial charge in [-0.25, -0.2) is 9.78 Å². The van der Waals surface area contributed by atoms with Gasteiger partial charge in [-0.2, -0.15) is 0 Å². The molecule has 0 saturated carbocycles. The number of nitrogens with zero attached hydrogens (tertiary/aromatic N) is 1. The van der Waals surface area contributed by atoms with E-state index in [2.05, 4.69) is 10.3 Å². The number of rotatable bonds is 4. The van der Waals surface area contributed by atoms with Gasteiger partial charge in [-0.15, -0.1) is 11.3 Å². The highest BCUT2D eigenvalue weighted by Gasteiger charge is 2.10. The largest absolute Gasteiger partial charge is 0.478 e. The number of carboxylic acid groups (broad SMARTS) is 1. The summed E-state index contributed by atoms with van der Waals surface area (Å²) in [6.45, 7) is 2.46. The van der Waals surface area contributed by atoms with E-state index < -0.39 is 5.97 Å². The highest BCUT2D eigenvalue weighted by Crippen LogP contribution is 2.23. The highest BCUT2D eigenvalue weighted by molar-refractivity contribution is 7.09. The lowest BCUT2D eigenvalue weighted by Crippen LogP contribution is -2.07. The Labute approximate surface area is 108 Å². The maximum absolute atomic E-state index is 10.9. The van der Waals surface area contributed by atoms with E-state index in [9.17, 15) is 4.79 Å². The van der Waals surface area contributed by atoms with E-state index in [1.165, 1.54) is 6.07 Å². The van der Waals surface area contributed by atoms with Gasteiger partial charge in [-0.05, 0) is 19.1 Å². The zero-order valence-corrected chi connectivity index (χ0v) is 10.6. The molecule has 6 heteroatoms. The number of carbonyl (C=O) groups is 1. The molecule has 1 aromatic carbocycles. The summed E-state index contributed by atoms with van der Waals surface area (Å²) in [5.74, 6) is -1.03. The van der Waals surface area contributed by atoms with Crippen LogP contribution in [-0.4, -0.2) is 16.1 Å². The average Bonchev–Trinajstić information content (AvgIpc) is 2.73. The summed E-state index contributed by atoms with van der Waals surface area (Å²) in [7, 11) is 0. The third-order valence-corrected chi connectivity index (χ3v) is 3.40. The number of anilines is 2. The first-order chi connectivity index (χ1) is 8.58. The van der Waals surface area contributed by atoms with Gasteiger partial charge in [0.15, 0.2) is 0 Å². The van der Waals surface area contributed by atoms with Gasteiger partial charge < -0.3 is 16.2 Å². The number of nitrogens with two attached hydrogens (primary N) is 1. The predicted octanol–water partition coefficient (Wildman–Crippen LogP) is 2.34. The number of thiazole rings is 1. The number of hydrogen-bond acceptors (Lipinski definition) is 5. The van der Waals surface area contributed by atoms with Crippen LogP contribution in [-0.2, 0) is 6.54 Å². The molecule has 2 rings (SSSR count). The van der Waals surface area contributed by atoms with E-state index in [0.29, 0.717) is 12.2 Å². The molecule has 0 atom stereocenters. The van der Waals surface area contributed by atoms with Crippen molar-refractivity contribution in [3.05, 3.63) is 39.8 Å². The van der Waals surface area contributed by atoms with Gasteiger partial charge in [-0.3, -0.25) is 0 Å². The molecule has 0 aliphatic rings. The van der Waals surface area contributed by atoms with E-state index in [-0.39, 0.29) is 11.3 Å². The molecule has 0 aliphatic carbocycles. The molecule has 0 amide bonds. The van der Waals surface area contributed by atoms with Crippen LogP contribution in [0.25, 0.3) is 0 Å². The molecule has 1 heterocycles. The van der Waals surface area contributed by atoms with Gasteiger partial charge >= 0.3 is 5.97 Å². The van der Waals surface area contributed by atoms with Crippen molar-refractivity contribution in [2.24, 2.45) is 0 Å². The van der Waals surface area contributed by atoms with Gasteiger partial charge in [-0.1, -0.05) is 6.07 Å². The Bertz CT molecular complexity index is 580. The summed E-state index contributed by atoms with van der Waals surface area (Å²) in [6.07, 6.45) is 0. The van der Waals surface area contributed by atoms with E-state index in [4.69, 9.17) is 10.8 Å². The minimum Gasteiger partial charge on any atom is -0.478 e. The lowest BCUT2D eigenvalue weighted by atomic mass is 10.1. The lowest BCUT2D eigenvalue weighted by Gasteiger charge is -2.09. The zero-order valence-electron chi connectivity index (χ0n) is 9.80. The fraction of sp³-hybridized carbons (Fsp3) is 0.167. The molecular formula is C12H13N3O2S. The van der Waals surface area contributed by atoms with E-state index >= 15 is 0 Å². The Balaban J connectivity index is 2.14. The lowest BCUT2D eigenvalue weighted by molar-refractivity contribution is 0.0698. The second-order valence-electron chi connectivity index (χ2n) is 3.81. The first kappa shape index (κ1) is 12.4. The first-order valence-electron chi connectivity index (χ1n) is 5.34. The number of nitrogens with one attached hydrogen (secondary N) is 1. The van der Waals surface area contributed by atoms with Crippen LogP contribution in [0.2, 0.25) is 0 Å². The van der Waals surface area contributed by atoms with Gasteiger partial charge in [0, 0.05) is 11.1 Å².